The molecule has 8 heteroatoms. The Hall–Kier alpha value is -2.19. The molecule has 4 rings (SSSR count). The molecule has 2 aromatic rings. The highest BCUT2D eigenvalue weighted by Gasteiger charge is 2.41. The van der Waals surface area contributed by atoms with E-state index in [1.165, 1.54) is 29.7 Å². The highest BCUT2D eigenvalue weighted by molar-refractivity contribution is 7.89. The zero-order valence-corrected chi connectivity index (χ0v) is 16.8. The number of imidazole rings is 1. The van der Waals surface area contributed by atoms with E-state index in [1.54, 1.807) is 11.6 Å². The molecule has 0 spiro atoms. The normalized spacial score (nSPS) is 23.0. The van der Waals surface area contributed by atoms with Crippen molar-refractivity contribution in [3.05, 3.63) is 48.4 Å². The third-order valence-electron chi connectivity index (χ3n) is 5.62. The Kier molecular flexibility index (Phi) is 5.25. The van der Waals surface area contributed by atoms with Crippen LogP contribution in [0.2, 0.25) is 0 Å². The summed E-state index contributed by atoms with van der Waals surface area (Å²) in [6.45, 7) is 0.587. The second-order valence-electron chi connectivity index (χ2n) is 7.87. The van der Waals surface area contributed by atoms with Crippen LogP contribution in [0.5, 0.6) is 0 Å². The summed E-state index contributed by atoms with van der Waals surface area (Å²) in [5, 5.41) is 3.14. The van der Waals surface area contributed by atoms with Crippen LogP contribution in [0.1, 0.15) is 37.2 Å². The lowest BCUT2D eigenvalue weighted by atomic mass is 9.94. The molecule has 1 saturated carbocycles. The summed E-state index contributed by atoms with van der Waals surface area (Å²) >= 11 is 0. The second kappa shape index (κ2) is 7.67. The van der Waals surface area contributed by atoms with Gasteiger partial charge in [-0.1, -0.05) is 43.2 Å². The van der Waals surface area contributed by atoms with Crippen LogP contribution in [0.3, 0.4) is 0 Å². The highest BCUT2D eigenvalue weighted by atomic mass is 32.2. The number of carbonyl (C=O) groups is 1. The van der Waals surface area contributed by atoms with Crippen molar-refractivity contribution in [2.24, 2.45) is 13.0 Å². The first-order chi connectivity index (χ1) is 13.4. The maximum atomic E-state index is 13.0. The van der Waals surface area contributed by atoms with E-state index < -0.39 is 10.0 Å². The number of aromatic nitrogens is 2. The van der Waals surface area contributed by atoms with Crippen LogP contribution in [0.25, 0.3) is 0 Å². The van der Waals surface area contributed by atoms with E-state index >= 15 is 0 Å². The van der Waals surface area contributed by atoms with Crippen molar-refractivity contribution < 1.29 is 13.2 Å². The first-order valence-electron chi connectivity index (χ1n) is 9.76. The smallest absolute Gasteiger partial charge is 0.262 e. The number of carbonyl (C=O) groups excluding carboxylic acids is 1. The van der Waals surface area contributed by atoms with Gasteiger partial charge in [0.2, 0.25) is 5.91 Å². The number of hydrogen-bond donors (Lipinski definition) is 1. The molecule has 7 nitrogen and oxygen atoms in total. The van der Waals surface area contributed by atoms with Gasteiger partial charge in [-0.25, -0.2) is 13.4 Å². The topological polar surface area (TPSA) is 84.3 Å². The summed E-state index contributed by atoms with van der Waals surface area (Å²) in [7, 11) is -1.95. The molecular weight excluding hydrogens is 376 g/mol. The van der Waals surface area contributed by atoms with Crippen LogP contribution in [-0.2, 0) is 21.9 Å². The Labute approximate surface area is 165 Å². The lowest BCUT2D eigenvalue weighted by molar-refractivity contribution is -0.122. The molecule has 150 valence electrons. The Morgan fingerprint density at radius 2 is 1.96 bits per heavy atom. The Bertz CT molecular complexity index is 937. The maximum absolute atomic E-state index is 13.0. The number of benzene rings is 1. The van der Waals surface area contributed by atoms with Gasteiger partial charge in [0, 0.05) is 38.7 Å². The van der Waals surface area contributed by atoms with Gasteiger partial charge in [-0.15, -0.1) is 0 Å². The molecule has 0 bridgehead atoms. The monoisotopic (exact) mass is 402 g/mol. The summed E-state index contributed by atoms with van der Waals surface area (Å²) in [6.07, 6.45) is 6.86. The summed E-state index contributed by atoms with van der Waals surface area (Å²) in [6, 6.07) is 9.56. The number of amides is 1. The molecule has 1 aromatic heterocycles. The summed E-state index contributed by atoms with van der Waals surface area (Å²) in [4.78, 5) is 16.5. The van der Waals surface area contributed by atoms with Crippen LogP contribution < -0.4 is 5.32 Å². The molecule has 2 aliphatic rings. The number of rotatable bonds is 7. The molecule has 0 radical (unpaired) electrons. The van der Waals surface area contributed by atoms with E-state index in [9.17, 15) is 13.2 Å². The first-order valence-corrected chi connectivity index (χ1v) is 11.2. The van der Waals surface area contributed by atoms with Crippen molar-refractivity contribution in [3.63, 3.8) is 0 Å². The largest absolute Gasteiger partial charge is 0.351 e. The molecule has 1 saturated heterocycles. The van der Waals surface area contributed by atoms with Crippen molar-refractivity contribution >= 4 is 15.9 Å². The van der Waals surface area contributed by atoms with Crippen molar-refractivity contribution in [3.8, 4) is 0 Å². The quantitative estimate of drug-likeness (QED) is 0.766. The summed E-state index contributed by atoms with van der Waals surface area (Å²) in [5.74, 6) is 0.625. The molecule has 2 unspecified atom stereocenters. The molecule has 1 amide bonds. The van der Waals surface area contributed by atoms with Gasteiger partial charge in [-0.3, -0.25) is 4.79 Å². The van der Waals surface area contributed by atoms with Crippen molar-refractivity contribution in [2.45, 2.75) is 42.7 Å². The number of nitrogens with one attached hydrogen (secondary N) is 1. The van der Waals surface area contributed by atoms with E-state index in [-0.39, 0.29) is 29.4 Å². The fourth-order valence-corrected chi connectivity index (χ4v) is 5.28. The van der Waals surface area contributed by atoms with E-state index in [2.05, 4.69) is 10.3 Å². The molecule has 28 heavy (non-hydrogen) atoms. The molecule has 1 N–H and O–H groups in total. The minimum absolute atomic E-state index is 0.00918. The zero-order chi connectivity index (χ0) is 19.7. The van der Waals surface area contributed by atoms with Gasteiger partial charge >= 0.3 is 0 Å². The van der Waals surface area contributed by atoms with E-state index in [1.807, 2.05) is 30.3 Å². The number of aryl methyl sites for hydroxylation is 1. The molecule has 1 aromatic carbocycles. The van der Waals surface area contributed by atoms with E-state index in [0.29, 0.717) is 18.9 Å². The van der Waals surface area contributed by atoms with Gasteiger partial charge in [0.25, 0.3) is 10.0 Å². The summed E-state index contributed by atoms with van der Waals surface area (Å²) < 4.78 is 29.1. The highest BCUT2D eigenvalue weighted by Crippen LogP contribution is 2.34. The molecule has 1 aliphatic carbocycles. The Morgan fingerprint density at radius 1 is 1.21 bits per heavy atom. The van der Waals surface area contributed by atoms with Crippen molar-refractivity contribution in [1.29, 1.82) is 0 Å². The maximum Gasteiger partial charge on any atom is 0.262 e. The van der Waals surface area contributed by atoms with Crippen molar-refractivity contribution in [1.82, 2.24) is 19.2 Å². The average Bonchev–Trinajstić information content (AvgIpc) is 3.25. The van der Waals surface area contributed by atoms with Crippen LogP contribution >= 0.6 is 0 Å². The van der Waals surface area contributed by atoms with Gasteiger partial charge < -0.3 is 9.88 Å². The third kappa shape index (κ3) is 4.12. The van der Waals surface area contributed by atoms with Gasteiger partial charge in [-0.2, -0.15) is 4.31 Å². The predicted octanol–water partition coefficient (Wildman–Crippen LogP) is 1.88. The van der Waals surface area contributed by atoms with Crippen LogP contribution in [0, 0.1) is 5.92 Å². The number of hydrogen-bond acceptors (Lipinski definition) is 4. The molecule has 2 atom stereocenters. The van der Waals surface area contributed by atoms with Gasteiger partial charge in [0.1, 0.15) is 0 Å². The minimum atomic E-state index is -3.69. The fourth-order valence-electron chi connectivity index (χ4n) is 3.82. The van der Waals surface area contributed by atoms with Gasteiger partial charge in [0.15, 0.2) is 5.03 Å². The Morgan fingerprint density at radius 3 is 2.61 bits per heavy atom. The number of nitrogens with zero attached hydrogens (tertiary/aromatic N) is 3. The van der Waals surface area contributed by atoms with Crippen LogP contribution in [0.15, 0.2) is 47.9 Å². The fraction of sp³-hybridized carbons (Fsp3) is 0.500. The predicted molar refractivity (Wildman–Crippen MR) is 105 cm³/mol. The average molecular weight is 403 g/mol. The zero-order valence-electron chi connectivity index (χ0n) is 16.0. The van der Waals surface area contributed by atoms with Gasteiger partial charge in [0.05, 0.1) is 12.4 Å². The number of sulfonamides is 1. The minimum Gasteiger partial charge on any atom is -0.351 e. The molecule has 2 fully saturated rings. The second-order valence-corrected chi connectivity index (χ2v) is 9.76. The Balaban J connectivity index is 1.53. The SMILES string of the molecule is Cn1cnc(S(=O)(=O)N2CC(NC(=O)CCC3CC3)C(c3ccccc3)C2)c1. The van der Waals surface area contributed by atoms with Crippen LogP contribution in [-0.4, -0.2) is 47.3 Å². The summed E-state index contributed by atoms with van der Waals surface area (Å²) in [5.41, 5.74) is 1.04. The lowest BCUT2D eigenvalue weighted by Gasteiger charge is -2.20. The lowest BCUT2D eigenvalue weighted by Crippen LogP contribution is -2.40. The van der Waals surface area contributed by atoms with E-state index in [4.69, 9.17) is 0 Å². The van der Waals surface area contributed by atoms with Crippen LogP contribution in [0.4, 0.5) is 0 Å². The van der Waals surface area contributed by atoms with Crippen molar-refractivity contribution in [2.75, 3.05) is 13.1 Å². The van der Waals surface area contributed by atoms with Gasteiger partial charge in [-0.05, 0) is 17.9 Å². The standard InChI is InChI=1S/C20H26N4O3S/c1-23-13-20(21-14-23)28(26,27)24-11-17(16-5-3-2-4-6-16)18(12-24)22-19(25)10-9-15-7-8-15/h2-6,13-15,17-18H,7-12H2,1H3,(H,22,25). The molecule has 2 heterocycles. The first kappa shape index (κ1) is 19.1. The van der Waals surface area contributed by atoms with E-state index in [0.717, 1.165) is 12.0 Å². The molecule has 1 aliphatic heterocycles. The third-order valence-corrected chi connectivity index (χ3v) is 7.34. The molecular formula is C20H26N4O3S.